The molecule has 0 saturated carbocycles. The molecular weight excluding hydrogens is 228 g/mol. The van der Waals surface area contributed by atoms with E-state index in [-0.39, 0.29) is 0 Å². The van der Waals surface area contributed by atoms with Gasteiger partial charge in [0.05, 0.1) is 0 Å². The molecule has 0 aliphatic carbocycles. The van der Waals surface area contributed by atoms with Crippen LogP contribution in [0.15, 0.2) is 16.8 Å². The number of piperidine rings is 1. The molecule has 0 bridgehead atoms. The molecule has 3 atom stereocenters. The van der Waals surface area contributed by atoms with Crippen LogP contribution in [0.25, 0.3) is 0 Å². The lowest BCUT2D eigenvalue weighted by Crippen LogP contribution is -2.45. The molecule has 1 N–H and O–H groups in total. The molecule has 2 aliphatic rings. The molecule has 1 aromatic heterocycles. The van der Waals surface area contributed by atoms with Crippen LogP contribution in [0.1, 0.15) is 44.2 Å². The SMILES string of the molecule is CC(NC1CCN2CCCCC12)c1ccsc1. The topological polar surface area (TPSA) is 15.3 Å². The molecule has 94 valence electrons. The first-order chi connectivity index (χ1) is 8.34. The normalized spacial score (nSPS) is 31.4. The Balaban J connectivity index is 1.62. The van der Waals surface area contributed by atoms with Crippen molar-refractivity contribution >= 4 is 11.3 Å². The van der Waals surface area contributed by atoms with Crippen LogP contribution in [0.2, 0.25) is 0 Å². The van der Waals surface area contributed by atoms with Gasteiger partial charge in [0.2, 0.25) is 0 Å². The minimum atomic E-state index is 0.508. The van der Waals surface area contributed by atoms with Crippen LogP contribution in [-0.4, -0.2) is 30.1 Å². The molecule has 3 heterocycles. The fraction of sp³-hybridized carbons (Fsp3) is 0.714. The first-order valence-electron chi connectivity index (χ1n) is 6.87. The maximum Gasteiger partial charge on any atom is 0.0303 e. The van der Waals surface area contributed by atoms with Gasteiger partial charge in [-0.2, -0.15) is 11.3 Å². The minimum absolute atomic E-state index is 0.508. The van der Waals surface area contributed by atoms with Crippen molar-refractivity contribution in [1.29, 1.82) is 0 Å². The Morgan fingerprint density at radius 2 is 2.29 bits per heavy atom. The highest BCUT2D eigenvalue weighted by atomic mass is 32.1. The molecule has 0 radical (unpaired) electrons. The first-order valence-corrected chi connectivity index (χ1v) is 7.81. The largest absolute Gasteiger partial charge is 0.306 e. The molecular formula is C14H22N2S. The van der Waals surface area contributed by atoms with E-state index in [4.69, 9.17) is 0 Å². The van der Waals surface area contributed by atoms with Gasteiger partial charge in [-0.1, -0.05) is 6.42 Å². The average molecular weight is 250 g/mol. The smallest absolute Gasteiger partial charge is 0.0303 e. The number of fused-ring (bicyclic) bond motifs is 1. The van der Waals surface area contributed by atoms with Crippen molar-refractivity contribution in [2.45, 2.75) is 50.7 Å². The predicted octanol–water partition coefficient (Wildman–Crippen LogP) is 3.03. The monoisotopic (exact) mass is 250 g/mol. The average Bonchev–Trinajstić information content (AvgIpc) is 2.98. The van der Waals surface area contributed by atoms with Gasteiger partial charge in [-0.25, -0.2) is 0 Å². The zero-order chi connectivity index (χ0) is 11.7. The predicted molar refractivity (Wildman–Crippen MR) is 73.5 cm³/mol. The highest BCUT2D eigenvalue weighted by Crippen LogP contribution is 2.29. The number of nitrogens with zero attached hydrogens (tertiary/aromatic N) is 1. The molecule has 3 unspecified atom stereocenters. The zero-order valence-electron chi connectivity index (χ0n) is 10.6. The Morgan fingerprint density at radius 1 is 1.35 bits per heavy atom. The lowest BCUT2D eigenvalue weighted by molar-refractivity contribution is 0.177. The van der Waals surface area contributed by atoms with Crippen LogP contribution in [0.4, 0.5) is 0 Å². The second-order valence-electron chi connectivity index (χ2n) is 5.44. The zero-order valence-corrected chi connectivity index (χ0v) is 11.4. The minimum Gasteiger partial charge on any atom is -0.306 e. The van der Waals surface area contributed by atoms with Gasteiger partial charge >= 0.3 is 0 Å². The first kappa shape index (κ1) is 11.7. The van der Waals surface area contributed by atoms with Gasteiger partial charge in [-0.05, 0) is 55.1 Å². The van der Waals surface area contributed by atoms with Crippen molar-refractivity contribution < 1.29 is 0 Å². The van der Waals surface area contributed by atoms with Gasteiger partial charge in [-0.3, -0.25) is 4.90 Å². The van der Waals surface area contributed by atoms with E-state index in [1.807, 2.05) is 0 Å². The van der Waals surface area contributed by atoms with Crippen LogP contribution in [0.5, 0.6) is 0 Å². The van der Waals surface area contributed by atoms with Gasteiger partial charge < -0.3 is 5.32 Å². The van der Waals surface area contributed by atoms with E-state index in [0.717, 1.165) is 6.04 Å². The highest BCUT2D eigenvalue weighted by Gasteiger charge is 2.35. The summed E-state index contributed by atoms with van der Waals surface area (Å²) in [6.07, 6.45) is 5.56. The fourth-order valence-corrected chi connectivity index (χ4v) is 4.13. The van der Waals surface area contributed by atoms with Gasteiger partial charge in [0, 0.05) is 24.7 Å². The van der Waals surface area contributed by atoms with E-state index in [1.54, 1.807) is 11.3 Å². The molecule has 0 aromatic carbocycles. The summed E-state index contributed by atoms with van der Waals surface area (Å²) in [5.41, 5.74) is 1.45. The number of rotatable bonds is 3. The molecule has 2 aliphatic heterocycles. The van der Waals surface area contributed by atoms with Crippen molar-refractivity contribution in [3.63, 3.8) is 0 Å². The Labute approximate surface area is 108 Å². The van der Waals surface area contributed by atoms with Crippen molar-refractivity contribution in [1.82, 2.24) is 10.2 Å². The number of hydrogen-bond acceptors (Lipinski definition) is 3. The van der Waals surface area contributed by atoms with E-state index in [9.17, 15) is 0 Å². The second kappa shape index (κ2) is 5.09. The Morgan fingerprint density at radius 3 is 3.12 bits per heavy atom. The number of thiophene rings is 1. The number of hydrogen-bond donors (Lipinski definition) is 1. The van der Waals surface area contributed by atoms with Crippen LogP contribution in [0, 0.1) is 0 Å². The highest BCUT2D eigenvalue weighted by molar-refractivity contribution is 7.07. The Hall–Kier alpha value is -0.380. The summed E-state index contributed by atoms with van der Waals surface area (Å²) in [6, 6.07) is 4.28. The molecule has 0 amide bonds. The molecule has 2 nitrogen and oxygen atoms in total. The third-order valence-electron chi connectivity index (χ3n) is 4.36. The molecule has 3 heteroatoms. The molecule has 2 saturated heterocycles. The van der Waals surface area contributed by atoms with Crippen LogP contribution in [-0.2, 0) is 0 Å². The quantitative estimate of drug-likeness (QED) is 0.887. The van der Waals surface area contributed by atoms with Crippen molar-refractivity contribution in [3.8, 4) is 0 Å². The summed E-state index contributed by atoms with van der Waals surface area (Å²) in [5, 5.41) is 8.29. The summed E-state index contributed by atoms with van der Waals surface area (Å²) in [7, 11) is 0. The van der Waals surface area contributed by atoms with E-state index >= 15 is 0 Å². The lowest BCUT2D eigenvalue weighted by atomic mass is 9.98. The fourth-order valence-electron chi connectivity index (χ4n) is 3.38. The van der Waals surface area contributed by atoms with E-state index < -0.39 is 0 Å². The standard InChI is InChI=1S/C14H22N2S/c1-11(12-6-9-17-10-12)15-13-5-8-16-7-3-2-4-14(13)16/h6,9-11,13-15H,2-5,7-8H2,1H3. The third kappa shape index (κ3) is 2.42. The third-order valence-corrected chi connectivity index (χ3v) is 5.06. The maximum atomic E-state index is 3.85. The van der Waals surface area contributed by atoms with E-state index in [1.165, 1.54) is 44.3 Å². The van der Waals surface area contributed by atoms with Gasteiger partial charge in [0.1, 0.15) is 0 Å². The van der Waals surface area contributed by atoms with Crippen LogP contribution < -0.4 is 5.32 Å². The molecule has 17 heavy (non-hydrogen) atoms. The molecule has 3 rings (SSSR count). The summed E-state index contributed by atoms with van der Waals surface area (Å²) >= 11 is 1.80. The van der Waals surface area contributed by atoms with Gasteiger partial charge in [-0.15, -0.1) is 0 Å². The summed E-state index contributed by atoms with van der Waals surface area (Å²) < 4.78 is 0. The van der Waals surface area contributed by atoms with Gasteiger partial charge in [0.25, 0.3) is 0 Å². The summed E-state index contributed by atoms with van der Waals surface area (Å²) in [5.74, 6) is 0. The van der Waals surface area contributed by atoms with E-state index in [0.29, 0.717) is 12.1 Å². The Kier molecular flexibility index (Phi) is 3.50. The van der Waals surface area contributed by atoms with Crippen LogP contribution >= 0.6 is 11.3 Å². The van der Waals surface area contributed by atoms with Crippen molar-refractivity contribution in [3.05, 3.63) is 22.4 Å². The Bertz CT molecular complexity index is 349. The summed E-state index contributed by atoms with van der Waals surface area (Å²) in [4.78, 5) is 2.70. The van der Waals surface area contributed by atoms with Crippen molar-refractivity contribution in [2.24, 2.45) is 0 Å². The van der Waals surface area contributed by atoms with Gasteiger partial charge in [0.15, 0.2) is 0 Å². The second-order valence-corrected chi connectivity index (χ2v) is 6.22. The van der Waals surface area contributed by atoms with Crippen molar-refractivity contribution in [2.75, 3.05) is 13.1 Å². The molecule has 0 spiro atoms. The summed E-state index contributed by atoms with van der Waals surface area (Å²) in [6.45, 7) is 4.93. The molecule has 2 fully saturated rings. The number of nitrogens with one attached hydrogen (secondary N) is 1. The van der Waals surface area contributed by atoms with Crippen LogP contribution in [0.3, 0.4) is 0 Å². The lowest BCUT2D eigenvalue weighted by Gasteiger charge is -2.33. The van der Waals surface area contributed by atoms with E-state index in [2.05, 4.69) is 34.0 Å². The molecule has 1 aromatic rings. The maximum absolute atomic E-state index is 3.85.